The molecule has 25 heavy (non-hydrogen) atoms. The summed E-state index contributed by atoms with van der Waals surface area (Å²) in [5, 5.41) is 0. The second kappa shape index (κ2) is 6.68. The molecule has 2 aliphatic rings. The number of amides is 1. The Morgan fingerprint density at radius 1 is 1.32 bits per heavy atom. The number of likely N-dealkylation sites (N-methyl/N-ethyl adjacent to an activating group) is 1. The summed E-state index contributed by atoms with van der Waals surface area (Å²) in [5.41, 5.74) is 2.66. The van der Waals surface area contributed by atoms with Gasteiger partial charge in [-0.25, -0.2) is 8.42 Å². The van der Waals surface area contributed by atoms with Gasteiger partial charge in [-0.15, -0.1) is 0 Å². The van der Waals surface area contributed by atoms with Gasteiger partial charge < -0.3 is 14.4 Å². The van der Waals surface area contributed by atoms with Gasteiger partial charge in [0.25, 0.3) is 0 Å². The van der Waals surface area contributed by atoms with E-state index in [9.17, 15) is 13.2 Å². The van der Waals surface area contributed by atoms with Crippen LogP contribution in [0.25, 0.3) is 0 Å². The molecule has 8 heteroatoms. The zero-order valence-corrected chi connectivity index (χ0v) is 15.8. The van der Waals surface area contributed by atoms with E-state index < -0.39 is 16.3 Å². The summed E-state index contributed by atoms with van der Waals surface area (Å²) >= 11 is 0. The Bertz CT molecular complexity index is 788. The number of benzene rings is 1. The largest absolute Gasteiger partial charge is 0.355 e. The minimum Gasteiger partial charge on any atom is -0.355 e. The summed E-state index contributed by atoms with van der Waals surface area (Å²) in [6.07, 6.45) is 0.994. The maximum absolute atomic E-state index is 13.0. The molecule has 0 saturated heterocycles. The second-order valence-corrected chi connectivity index (χ2v) is 8.57. The van der Waals surface area contributed by atoms with Crippen molar-refractivity contribution in [3.8, 4) is 0 Å². The third-order valence-corrected chi connectivity index (χ3v) is 6.83. The first kappa shape index (κ1) is 18.3. The first-order valence-corrected chi connectivity index (χ1v) is 9.75. The number of rotatable bonds is 6. The Kier molecular flexibility index (Phi) is 4.89. The molecule has 0 spiro atoms. The summed E-state index contributed by atoms with van der Waals surface area (Å²) in [6.45, 7) is 2.63. The lowest BCUT2D eigenvalue weighted by atomic mass is 9.97. The van der Waals surface area contributed by atoms with Gasteiger partial charge in [0.2, 0.25) is 15.9 Å². The van der Waals surface area contributed by atoms with E-state index in [0.717, 1.165) is 29.7 Å². The van der Waals surface area contributed by atoms with Crippen molar-refractivity contribution < 1.29 is 22.7 Å². The van der Waals surface area contributed by atoms with Gasteiger partial charge in [-0.05, 0) is 43.0 Å². The van der Waals surface area contributed by atoms with Gasteiger partial charge in [0.1, 0.15) is 0 Å². The molecule has 0 unspecified atom stereocenters. The average Bonchev–Trinajstić information content (AvgIpc) is 2.86. The predicted octanol–water partition coefficient (Wildman–Crippen LogP) is 1.32. The van der Waals surface area contributed by atoms with Gasteiger partial charge in [0, 0.05) is 27.8 Å². The number of hydrogen-bond donors (Lipinski definition) is 0. The monoisotopic (exact) mass is 368 g/mol. The normalized spacial score (nSPS) is 19.8. The SMILES string of the molecule is COC(CN(C)S(=O)(=O)c1cc2c3c(c1)[C@@H](C)C(=O)N3CCC2)OC. The van der Waals surface area contributed by atoms with Crippen molar-refractivity contribution in [1.29, 1.82) is 0 Å². The second-order valence-electron chi connectivity index (χ2n) is 6.52. The number of carbonyl (C=O) groups is 1. The van der Waals surface area contributed by atoms with Gasteiger partial charge in [0.15, 0.2) is 6.29 Å². The van der Waals surface area contributed by atoms with E-state index in [-0.39, 0.29) is 23.3 Å². The molecule has 0 aliphatic carbocycles. The Morgan fingerprint density at radius 2 is 2.00 bits per heavy atom. The number of hydrogen-bond acceptors (Lipinski definition) is 5. The van der Waals surface area contributed by atoms with Crippen molar-refractivity contribution in [3.05, 3.63) is 23.3 Å². The molecule has 138 valence electrons. The van der Waals surface area contributed by atoms with Gasteiger partial charge in [-0.1, -0.05) is 0 Å². The fourth-order valence-electron chi connectivity index (χ4n) is 3.55. The van der Waals surface area contributed by atoms with Crippen LogP contribution in [-0.2, 0) is 30.7 Å². The first-order chi connectivity index (χ1) is 11.8. The minimum absolute atomic E-state index is 0.0534. The molecule has 0 aromatic heterocycles. The van der Waals surface area contributed by atoms with E-state index in [1.807, 2.05) is 6.92 Å². The summed E-state index contributed by atoms with van der Waals surface area (Å²) < 4.78 is 37.4. The zero-order chi connectivity index (χ0) is 18.4. The van der Waals surface area contributed by atoms with E-state index in [0.29, 0.717) is 6.54 Å². The fraction of sp³-hybridized carbons (Fsp3) is 0.588. The van der Waals surface area contributed by atoms with Crippen molar-refractivity contribution in [2.24, 2.45) is 0 Å². The molecule has 0 fully saturated rings. The molecule has 7 nitrogen and oxygen atoms in total. The number of sulfonamides is 1. The highest BCUT2D eigenvalue weighted by atomic mass is 32.2. The van der Waals surface area contributed by atoms with Crippen LogP contribution in [0, 0.1) is 0 Å². The third-order valence-electron chi connectivity index (χ3n) is 5.03. The first-order valence-electron chi connectivity index (χ1n) is 8.31. The van der Waals surface area contributed by atoms with Gasteiger partial charge in [0.05, 0.1) is 23.0 Å². The number of ether oxygens (including phenoxy) is 2. The Balaban J connectivity index is 2.00. The van der Waals surface area contributed by atoms with Crippen LogP contribution in [0.4, 0.5) is 5.69 Å². The highest BCUT2D eigenvalue weighted by molar-refractivity contribution is 7.89. The van der Waals surface area contributed by atoms with Crippen molar-refractivity contribution in [1.82, 2.24) is 4.31 Å². The molecule has 1 aromatic carbocycles. The van der Waals surface area contributed by atoms with Crippen molar-refractivity contribution in [2.45, 2.75) is 36.9 Å². The maximum atomic E-state index is 13.0. The third kappa shape index (κ3) is 2.97. The summed E-state index contributed by atoms with van der Waals surface area (Å²) in [6, 6.07) is 3.35. The average molecular weight is 368 g/mol. The summed E-state index contributed by atoms with van der Waals surface area (Å²) in [4.78, 5) is 14.4. The van der Waals surface area contributed by atoms with E-state index in [1.165, 1.54) is 25.6 Å². The Labute approximate surface area is 148 Å². The number of nitrogens with zero attached hydrogens (tertiary/aromatic N) is 2. The maximum Gasteiger partial charge on any atom is 0.243 e. The van der Waals surface area contributed by atoms with Gasteiger partial charge >= 0.3 is 0 Å². The summed E-state index contributed by atoms with van der Waals surface area (Å²) in [5.74, 6) is -0.254. The van der Waals surface area contributed by atoms with Gasteiger partial charge in [-0.2, -0.15) is 4.31 Å². The molecule has 3 rings (SSSR count). The molecule has 0 saturated carbocycles. The molecule has 0 radical (unpaired) electrons. The lowest BCUT2D eigenvalue weighted by Gasteiger charge is -2.27. The van der Waals surface area contributed by atoms with Crippen LogP contribution >= 0.6 is 0 Å². The van der Waals surface area contributed by atoms with Crippen LogP contribution < -0.4 is 4.90 Å². The summed E-state index contributed by atoms with van der Waals surface area (Å²) in [7, 11) is 0.737. The number of aryl methyl sites for hydroxylation is 1. The number of methoxy groups -OCH3 is 2. The van der Waals surface area contributed by atoms with E-state index in [1.54, 1.807) is 17.0 Å². The van der Waals surface area contributed by atoms with E-state index >= 15 is 0 Å². The van der Waals surface area contributed by atoms with Crippen LogP contribution in [0.1, 0.15) is 30.4 Å². The smallest absolute Gasteiger partial charge is 0.243 e. The fourth-order valence-corrected chi connectivity index (χ4v) is 4.79. The lowest BCUT2D eigenvalue weighted by Crippen LogP contribution is -2.36. The molecule has 0 bridgehead atoms. The molecule has 1 aromatic rings. The molecular formula is C17H24N2O5S. The standard InChI is InChI=1S/C17H24N2O5S/c1-11-14-9-13(25(21,22)18(2)10-15(23-3)24-4)8-12-6-5-7-19(16(12)14)17(11)20/h8-9,11,15H,5-7,10H2,1-4H3/t11-/m1/s1. The topological polar surface area (TPSA) is 76.2 Å². The van der Waals surface area contributed by atoms with Crippen molar-refractivity contribution in [3.63, 3.8) is 0 Å². The molecule has 1 atom stereocenters. The Morgan fingerprint density at radius 3 is 2.64 bits per heavy atom. The minimum atomic E-state index is -3.70. The highest BCUT2D eigenvalue weighted by Crippen LogP contribution is 2.44. The van der Waals surface area contributed by atoms with Crippen LogP contribution in [-0.4, -0.2) is 59.3 Å². The van der Waals surface area contributed by atoms with Crippen molar-refractivity contribution in [2.75, 3.05) is 39.3 Å². The zero-order valence-electron chi connectivity index (χ0n) is 15.0. The van der Waals surface area contributed by atoms with Crippen LogP contribution in [0.15, 0.2) is 17.0 Å². The molecule has 1 amide bonds. The van der Waals surface area contributed by atoms with E-state index in [4.69, 9.17) is 9.47 Å². The van der Waals surface area contributed by atoms with Crippen molar-refractivity contribution >= 4 is 21.6 Å². The lowest BCUT2D eigenvalue weighted by molar-refractivity contribution is -0.119. The highest BCUT2D eigenvalue weighted by Gasteiger charge is 2.39. The quantitative estimate of drug-likeness (QED) is 0.708. The predicted molar refractivity (Wildman–Crippen MR) is 93.2 cm³/mol. The van der Waals surface area contributed by atoms with Gasteiger partial charge in [-0.3, -0.25) is 4.79 Å². The van der Waals surface area contributed by atoms with Crippen LogP contribution in [0.2, 0.25) is 0 Å². The van der Waals surface area contributed by atoms with E-state index in [2.05, 4.69) is 0 Å². The molecule has 2 aliphatic heterocycles. The van der Waals surface area contributed by atoms with Crippen LogP contribution in [0.5, 0.6) is 0 Å². The molecular weight excluding hydrogens is 344 g/mol. The molecule has 0 N–H and O–H groups in total. The number of carbonyl (C=O) groups excluding carboxylic acids is 1. The molecule has 2 heterocycles. The number of anilines is 1. The Hall–Kier alpha value is -1.48. The van der Waals surface area contributed by atoms with Crippen LogP contribution in [0.3, 0.4) is 0 Å².